The van der Waals surface area contributed by atoms with Gasteiger partial charge in [-0.25, -0.2) is 4.79 Å². The van der Waals surface area contributed by atoms with Gasteiger partial charge in [0.1, 0.15) is 0 Å². The van der Waals surface area contributed by atoms with Crippen molar-refractivity contribution in [2.75, 3.05) is 13.1 Å². The Morgan fingerprint density at radius 1 is 1.28 bits per heavy atom. The lowest BCUT2D eigenvalue weighted by atomic mass is 9.97. The van der Waals surface area contributed by atoms with Gasteiger partial charge >= 0.3 is 6.03 Å². The molecule has 1 aromatic heterocycles. The van der Waals surface area contributed by atoms with Gasteiger partial charge in [-0.3, -0.25) is 0 Å². The topological polar surface area (TPSA) is 71.3 Å². The fourth-order valence-corrected chi connectivity index (χ4v) is 2.99. The highest BCUT2D eigenvalue weighted by atomic mass is 35.5. The molecule has 0 unspecified atom stereocenters. The van der Waals surface area contributed by atoms with E-state index < -0.39 is 0 Å². The highest BCUT2D eigenvalue weighted by molar-refractivity contribution is 6.30. The van der Waals surface area contributed by atoms with E-state index in [0.29, 0.717) is 36.4 Å². The third kappa shape index (κ3) is 4.51. The van der Waals surface area contributed by atoms with Crippen LogP contribution in [0.2, 0.25) is 5.02 Å². The minimum atomic E-state index is -0.0400. The molecule has 1 aliphatic rings. The van der Waals surface area contributed by atoms with Crippen molar-refractivity contribution in [3.63, 3.8) is 0 Å². The zero-order valence-corrected chi connectivity index (χ0v) is 15.3. The summed E-state index contributed by atoms with van der Waals surface area (Å²) >= 11 is 5.87. The number of amides is 2. The van der Waals surface area contributed by atoms with Crippen LogP contribution in [-0.2, 0) is 6.54 Å². The number of nitrogens with zero attached hydrogens (tertiary/aromatic N) is 3. The zero-order chi connectivity index (χ0) is 17.8. The molecule has 1 N–H and O–H groups in total. The summed E-state index contributed by atoms with van der Waals surface area (Å²) in [6.07, 6.45) is 1.68. The van der Waals surface area contributed by atoms with Crippen LogP contribution < -0.4 is 5.32 Å². The number of halogens is 1. The molecule has 0 bridgehead atoms. The molecule has 2 heterocycles. The maximum atomic E-state index is 12.3. The molecule has 1 fully saturated rings. The van der Waals surface area contributed by atoms with Crippen molar-refractivity contribution >= 4 is 17.6 Å². The molecule has 0 radical (unpaired) electrons. The third-order valence-corrected chi connectivity index (χ3v) is 4.69. The average molecular weight is 363 g/mol. The van der Waals surface area contributed by atoms with E-state index in [0.717, 1.165) is 18.4 Å². The molecule has 0 aliphatic carbocycles. The first kappa shape index (κ1) is 17.7. The minimum Gasteiger partial charge on any atom is -0.425 e. The highest BCUT2D eigenvalue weighted by Crippen LogP contribution is 2.28. The second-order valence-corrected chi connectivity index (χ2v) is 7.12. The summed E-state index contributed by atoms with van der Waals surface area (Å²) < 4.78 is 5.74. The van der Waals surface area contributed by atoms with Gasteiger partial charge in [0.15, 0.2) is 0 Å². The molecular formula is C18H23ClN4O2. The molecule has 1 saturated heterocycles. The van der Waals surface area contributed by atoms with E-state index in [1.54, 1.807) is 0 Å². The highest BCUT2D eigenvalue weighted by Gasteiger charge is 2.27. The van der Waals surface area contributed by atoms with E-state index in [2.05, 4.69) is 15.5 Å². The minimum absolute atomic E-state index is 0.0400. The van der Waals surface area contributed by atoms with Gasteiger partial charge in [-0.05, 0) is 30.5 Å². The quantitative estimate of drug-likeness (QED) is 0.894. The van der Waals surface area contributed by atoms with E-state index in [1.165, 1.54) is 0 Å². The van der Waals surface area contributed by atoms with Gasteiger partial charge in [-0.1, -0.05) is 37.6 Å². The second kappa shape index (κ2) is 7.87. The van der Waals surface area contributed by atoms with E-state index in [4.69, 9.17) is 16.0 Å². The summed E-state index contributed by atoms with van der Waals surface area (Å²) in [5.74, 6) is 1.85. The Morgan fingerprint density at radius 3 is 2.56 bits per heavy atom. The number of piperidine rings is 1. The van der Waals surface area contributed by atoms with Crippen LogP contribution in [-0.4, -0.2) is 34.2 Å². The number of aromatic nitrogens is 2. The molecule has 134 valence electrons. The van der Waals surface area contributed by atoms with Crippen molar-refractivity contribution in [1.82, 2.24) is 20.4 Å². The maximum Gasteiger partial charge on any atom is 0.317 e. The average Bonchev–Trinajstić information content (AvgIpc) is 3.11. The van der Waals surface area contributed by atoms with Crippen molar-refractivity contribution in [3.05, 3.63) is 46.6 Å². The van der Waals surface area contributed by atoms with Crippen LogP contribution in [0.3, 0.4) is 0 Å². The number of likely N-dealkylation sites (tertiary alicyclic amines) is 1. The SMILES string of the molecule is CC(C)c1nnc(C2CCN(C(=O)NCc3ccc(Cl)cc3)CC2)o1. The molecule has 0 saturated carbocycles. The van der Waals surface area contributed by atoms with Crippen LogP contribution in [0, 0.1) is 0 Å². The standard InChI is InChI=1S/C18H23ClN4O2/c1-12(2)16-21-22-17(25-16)14-7-9-23(10-8-14)18(24)20-11-13-3-5-15(19)6-4-13/h3-6,12,14H,7-11H2,1-2H3,(H,20,24). The second-order valence-electron chi connectivity index (χ2n) is 6.68. The molecule has 6 nitrogen and oxygen atoms in total. The van der Waals surface area contributed by atoms with Gasteiger partial charge in [0.25, 0.3) is 0 Å². The summed E-state index contributed by atoms with van der Waals surface area (Å²) in [6, 6.07) is 7.43. The van der Waals surface area contributed by atoms with Gasteiger partial charge in [0.2, 0.25) is 11.8 Å². The number of hydrogen-bond acceptors (Lipinski definition) is 4. The predicted molar refractivity (Wildman–Crippen MR) is 95.6 cm³/mol. The van der Waals surface area contributed by atoms with E-state index in [1.807, 2.05) is 43.0 Å². The largest absolute Gasteiger partial charge is 0.425 e. The zero-order valence-electron chi connectivity index (χ0n) is 14.5. The van der Waals surface area contributed by atoms with E-state index in [-0.39, 0.29) is 17.9 Å². The molecule has 25 heavy (non-hydrogen) atoms. The lowest BCUT2D eigenvalue weighted by Gasteiger charge is -2.30. The van der Waals surface area contributed by atoms with Crippen LogP contribution in [0.1, 0.15) is 55.9 Å². The maximum absolute atomic E-state index is 12.3. The number of hydrogen-bond donors (Lipinski definition) is 1. The van der Waals surface area contributed by atoms with E-state index in [9.17, 15) is 4.79 Å². The summed E-state index contributed by atoms with van der Waals surface area (Å²) in [4.78, 5) is 14.2. The Hall–Kier alpha value is -2.08. The van der Waals surface area contributed by atoms with Crippen LogP contribution in [0.25, 0.3) is 0 Å². The molecule has 7 heteroatoms. The van der Waals surface area contributed by atoms with Crippen molar-refractivity contribution in [1.29, 1.82) is 0 Å². The normalized spacial score (nSPS) is 15.6. The van der Waals surface area contributed by atoms with Gasteiger partial charge in [-0.15, -0.1) is 10.2 Å². The predicted octanol–water partition coefficient (Wildman–Crippen LogP) is 3.94. The summed E-state index contributed by atoms with van der Waals surface area (Å²) in [5, 5.41) is 11.9. The number of rotatable bonds is 4. The van der Waals surface area contributed by atoms with Crippen LogP contribution in [0.15, 0.2) is 28.7 Å². The fraction of sp³-hybridized carbons (Fsp3) is 0.500. The van der Waals surface area contributed by atoms with Gasteiger partial charge in [0, 0.05) is 36.5 Å². The fourth-order valence-electron chi connectivity index (χ4n) is 2.87. The Labute approximate surface area is 152 Å². The monoisotopic (exact) mass is 362 g/mol. The lowest BCUT2D eigenvalue weighted by Crippen LogP contribution is -2.43. The Balaban J connectivity index is 1.47. The molecule has 0 atom stereocenters. The van der Waals surface area contributed by atoms with Gasteiger partial charge < -0.3 is 14.6 Å². The first-order valence-corrected chi connectivity index (χ1v) is 9.01. The van der Waals surface area contributed by atoms with Crippen LogP contribution >= 0.6 is 11.6 Å². The molecule has 0 spiro atoms. The Bertz CT molecular complexity index is 706. The molecule has 1 aliphatic heterocycles. The van der Waals surface area contributed by atoms with Crippen LogP contribution in [0.4, 0.5) is 4.79 Å². The first-order chi connectivity index (χ1) is 12.0. The summed E-state index contributed by atoms with van der Waals surface area (Å²) in [6.45, 7) is 5.94. The molecule has 1 aromatic carbocycles. The first-order valence-electron chi connectivity index (χ1n) is 8.63. The smallest absolute Gasteiger partial charge is 0.317 e. The number of carbonyl (C=O) groups is 1. The van der Waals surface area contributed by atoms with Crippen molar-refractivity contribution < 1.29 is 9.21 Å². The van der Waals surface area contributed by atoms with Crippen molar-refractivity contribution in [2.45, 2.75) is 45.1 Å². The molecular weight excluding hydrogens is 340 g/mol. The number of benzene rings is 1. The van der Waals surface area contributed by atoms with Crippen molar-refractivity contribution in [3.8, 4) is 0 Å². The van der Waals surface area contributed by atoms with Crippen molar-refractivity contribution in [2.24, 2.45) is 0 Å². The number of carbonyl (C=O) groups excluding carboxylic acids is 1. The molecule has 2 amide bonds. The van der Waals surface area contributed by atoms with Gasteiger partial charge in [0.05, 0.1) is 0 Å². The number of nitrogens with one attached hydrogen (secondary N) is 1. The summed E-state index contributed by atoms with van der Waals surface area (Å²) in [7, 11) is 0. The molecule has 3 rings (SSSR count). The van der Waals surface area contributed by atoms with Gasteiger partial charge in [-0.2, -0.15) is 0 Å². The molecule has 2 aromatic rings. The third-order valence-electron chi connectivity index (χ3n) is 4.44. The summed E-state index contributed by atoms with van der Waals surface area (Å²) in [5.41, 5.74) is 1.03. The number of urea groups is 1. The lowest BCUT2D eigenvalue weighted by molar-refractivity contribution is 0.176. The van der Waals surface area contributed by atoms with E-state index >= 15 is 0 Å². The Morgan fingerprint density at radius 2 is 1.96 bits per heavy atom. The Kier molecular flexibility index (Phi) is 5.58. The van der Waals surface area contributed by atoms with Crippen LogP contribution in [0.5, 0.6) is 0 Å².